The lowest BCUT2D eigenvalue weighted by molar-refractivity contribution is -0.137. The van der Waals surface area contributed by atoms with Crippen molar-refractivity contribution >= 4 is 34.8 Å². The van der Waals surface area contributed by atoms with E-state index in [1.165, 1.54) is 0 Å². The number of nitrogens with zero attached hydrogens (tertiary/aromatic N) is 1. The predicted octanol–water partition coefficient (Wildman–Crippen LogP) is 5.10. The number of morpholine rings is 1. The third-order valence-electron chi connectivity index (χ3n) is 7.56. The van der Waals surface area contributed by atoms with Crippen molar-refractivity contribution in [2.75, 3.05) is 18.5 Å². The maximum Gasteiger partial charge on any atom is 0.348 e. The molecule has 2 aliphatic heterocycles. The van der Waals surface area contributed by atoms with Gasteiger partial charge in [-0.25, -0.2) is 4.79 Å². The van der Waals surface area contributed by atoms with Gasteiger partial charge < -0.3 is 20.1 Å². The molecular formula is C28H38N2O5S. The number of anilines is 1. The molecular weight excluding hydrogens is 476 g/mol. The Labute approximate surface area is 218 Å². The molecule has 2 amide bonds. The summed E-state index contributed by atoms with van der Waals surface area (Å²) in [6.07, 6.45) is 4.94. The van der Waals surface area contributed by atoms with Crippen LogP contribution >= 0.6 is 11.3 Å². The molecule has 1 aromatic heterocycles. The molecule has 0 radical (unpaired) electrons. The van der Waals surface area contributed by atoms with Gasteiger partial charge in [-0.15, -0.1) is 11.3 Å². The Morgan fingerprint density at radius 3 is 2.44 bits per heavy atom. The number of hydrogen-bond donors (Lipinski definition) is 2. The average molecular weight is 515 g/mol. The third-order valence-corrected chi connectivity index (χ3v) is 8.67. The summed E-state index contributed by atoms with van der Waals surface area (Å²) in [5, 5.41) is 13.1. The third kappa shape index (κ3) is 5.63. The molecule has 2 N–H and O–H groups in total. The number of aromatic carboxylic acids is 1. The van der Waals surface area contributed by atoms with Crippen LogP contribution in [-0.2, 0) is 14.3 Å². The van der Waals surface area contributed by atoms with Crippen molar-refractivity contribution in [1.82, 2.24) is 4.90 Å². The molecule has 4 rings (SSSR count). The van der Waals surface area contributed by atoms with Gasteiger partial charge in [-0.05, 0) is 65.2 Å². The summed E-state index contributed by atoms with van der Waals surface area (Å²) in [6, 6.07) is 0.0560. The van der Waals surface area contributed by atoms with E-state index in [2.05, 4.69) is 24.1 Å². The van der Waals surface area contributed by atoms with E-state index in [9.17, 15) is 19.5 Å². The summed E-state index contributed by atoms with van der Waals surface area (Å²) < 4.78 is 5.69. The van der Waals surface area contributed by atoms with Gasteiger partial charge in [0.1, 0.15) is 4.88 Å². The Morgan fingerprint density at radius 2 is 1.92 bits per heavy atom. The van der Waals surface area contributed by atoms with Crippen molar-refractivity contribution in [3.63, 3.8) is 0 Å². The van der Waals surface area contributed by atoms with Crippen molar-refractivity contribution in [3.8, 4) is 11.8 Å². The van der Waals surface area contributed by atoms with E-state index in [1.807, 2.05) is 32.6 Å². The highest BCUT2D eigenvalue weighted by Gasteiger charge is 2.44. The summed E-state index contributed by atoms with van der Waals surface area (Å²) in [6.45, 7) is 11.2. The van der Waals surface area contributed by atoms with Crippen molar-refractivity contribution < 1.29 is 24.2 Å². The summed E-state index contributed by atoms with van der Waals surface area (Å²) in [5.74, 6) is 4.94. The van der Waals surface area contributed by atoms with Crippen molar-refractivity contribution in [1.29, 1.82) is 0 Å². The van der Waals surface area contributed by atoms with Crippen LogP contribution in [0.15, 0.2) is 0 Å². The van der Waals surface area contributed by atoms with Crippen LogP contribution < -0.4 is 5.32 Å². The Kier molecular flexibility index (Phi) is 7.82. The number of carbonyl (C=O) groups is 3. The number of thiophene rings is 1. The van der Waals surface area contributed by atoms with Crippen LogP contribution in [-0.4, -0.2) is 53.1 Å². The summed E-state index contributed by atoms with van der Waals surface area (Å²) in [7, 11) is 0. The lowest BCUT2D eigenvalue weighted by Crippen LogP contribution is -2.44. The lowest BCUT2D eigenvalue weighted by Gasteiger charge is -2.31. The van der Waals surface area contributed by atoms with Crippen LogP contribution in [0.3, 0.4) is 0 Å². The Hall–Kier alpha value is -2.37. The molecule has 3 heterocycles. The van der Waals surface area contributed by atoms with Gasteiger partial charge in [-0.1, -0.05) is 25.7 Å². The SMILES string of the molecule is CC[C@@H](C(=O)N1C[C@H]2C[C@H]1CO2)c1c(C#CC(C)(C)C)sc(C(=O)O)c1NC(=O)[C@H]1CC[C@H](C)CC1. The van der Waals surface area contributed by atoms with Gasteiger partial charge >= 0.3 is 5.97 Å². The van der Waals surface area contributed by atoms with E-state index >= 15 is 0 Å². The quantitative estimate of drug-likeness (QED) is 0.515. The Bertz CT molecular complexity index is 1080. The van der Waals surface area contributed by atoms with Crippen LogP contribution in [0.1, 0.15) is 99.2 Å². The second kappa shape index (κ2) is 10.5. The first kappa shape index (κ1) is 26.7. The van der Waals surface area contributed by atoms with E-state index in [0.29, 0.717) is 35.9 Å². The average Bonchev–Trinajstić information content (AvgIpc) is 3.53. The summed E-state index contributed by atoms with van der Waals surface area (Å²) in [4.78, 5) is 42.0. The normalized spacial score (nSPS) is 26.3. The van der Waals surface area contributed by atoms with Crippen LogP contribution in [0.4, 0.5) is 5.69 Å². The molecule has 2 bridgehead atoms. The lowest BCUT2D eigenvalue weighted by atomic mass is 9.82. The molecule has 3 atom stereocenters. The molecule has 1 aliphatic carbocycles. The van der Waals surface area contributed by atoms with E-state index in [4.69, 9.17) is 4.74 Å². The van der Waals surface area contributed by atoms with E-state index in [0.717, 1.165) is 43.4 Å². The Balaban J connectivity index is 1.75. The van der Waals surface area contributed by atoms with Gasteiger partial charge in [-0.3, -0.25) is 9.59 Å². The summed E-state index contributed by atoms with van der Waals surface area (Å²) >= 11 is 1.06. The zero-order chi connectivity index (χ0) is 26.2. The largest absolute Gasteiger partial charge is 0.477 e. The smallest absolute Gasteiger partial charge is 0.348 e. The van der Waals surface area contributed by atoms with E-state index in [1.54, 1.807) is 0 Å². The second-order valence-corrected chi connectivity index (χ2v) is 12.6. The number of fused-ring (bicyclic) bond motifs is 2. The minimum absolute atomic E-state index is 0.0381. The second-order valence-electron chi connectivity index (χ2n) is 11.6. The van der Waals surface area contributed by atoms with Crippen molar-refractivity contribution in [2.45, 2.75) is 91.2 Å². The standard InChI is InChI=1S/C28H38N2O5S/c1-6-20(26(32)30-14-19-13-18(30)15-35-19)22-21(11-12-28(3,4)5)36-24(27(33)34)23(22)29-25(31)17-9-7-16(2)8-10-17/h16-20H,6-10,13-15H2,1-5H3,(H,29,31)(H,33,34)/t16-,17-,18-,19+,20+/m0/s1. The van der Waals surface area contributed by atoms with E-state index < -0.39 is 11.9 Å². The van der Waals surface area contributed by atoms with Gasteiger partial charge in [0.15, 0.2) is 0 Å². The highest BCUT2D eigenvalue weighted by molar-refractivity contribution is 7.15. The van der Waals surface area contributed by atoms with Crippen LogP contribution in [0.2, 0.25) is 0 Å². The first-order valence-electron chi connectivity index (χ1n) is 13.1. The number of amides is 2. The fourth-order valence-corrected chi connectivity index (χ4v) is 6.52. The molecule has 8 heteroatoms. The maximum absolute atomic E-state index is 13.8. The van der Waals surface area contributed by atoms with Gasteiger partial charge in [-0.2, -0.15) is 0 Å². The molecule has 3 aliphatic rings. The minimum Gasteiger partial charge on any atom is -0.477 e. The number of rotatable bonds is 6. The van der Waals surface area contributed by atoms with Crippen molar-refractivity contribution in [2.24, 2.45) is 17.3 Å². The molecule has 36 heavy (non-hydrogen) atoms. The molecule has 196 valence electrons. The topological polar surface area (TPSA) is 95.9 Å². The number of carbonyl (C=O) groups excluding carboxylic acids is 2. The van der Waals surface area contributed by atoms with Crippen LogP contribution in [0.5, 0.6) is 0 Å². The first-order chi connectivity index (χ1) is 17.0. The van der Waals surface area contributed by atoms with Crippen molar-refractivity contribution in [3.05, 3.63) is 15.3 Å². The molecule has 7 nitrogen and oxygen atoms in total. The molecule has 2 saturated heterocycles. The van der Waals surface area contributed by atoms with E-state index in [-0.39, 0.29) is 45.9 Å². The Morgan fingerprint density at radius 1 is 1.22 bits per heavy atom. The maximum atomic E-state index is 13.8. The number of carboxylic acid groups (broad SMARTS) is 1. The predicted molar refractivity (Wildman–Crippen MR) is 140 cm³/mol. The highest BCUT2D eigenvalue weighted by atomic mass is 32.1. The minimum atomic E-state index is -1.12. The monoisotopic (exact) mass is 514 g/mol. The van der Waals surface area contributed by atoms with Gasteiger partial charge in [0.25, 0.3) is 0 Å². The molecule has 0 aromatic carbocycles. The number of nitrogens with one attached hydrogen (secondary N) is 1. The number of ether oxygens (including phenoxy) is 1. The van der Waals surface area contributed by atoms with Gasteiger partial charge in [0.2, 0.25) is 11.8 Å². The fraction of sp³-hybridized carbons (Fsp3) is 0.679. The van der Waals surface area contributed by atoms with Crippen LogP contribution in [0, 0.1) is 29.1 Å². The van der Waals surface area contributed by atoms with Gasteiger partial charge in [0.05, 0.1) is 35.2 Å². The molecule has 0 unspecified atom stereocenters. The van der Waals surface area contributed by atoms with Crippen LogP contribution in [0.25, 0.3) is 0 Å². The van der Waals surface area contributed by atoms with Gasteiger partial charge in [0, 0.05) is 23.4 Å². The highest BCUT2D eigenvalue weighted by Crippen LogP contribution is 2.43. The number of likely N-dealkylation sites (tertiary alicyclic amines) is 1. The summed E-state index contributed by atoms with van der Waals surface area (Å²) in [5.41, 5.74) is 0.516. The zero-order valence-electron chi connectivity index (χ0n) is 22.0. The number of hydrogen-bond acceptors (Lipinski definition) is 5. The number of carboxylic acids is 1. The molecule has 0 spiro atoms. The fourth-order valence-electron chi connectivity index (χ4n) is 5.51. The zero-order valence-corrected chi connectivity index (χ0v) is 22.8. The molecule has 1 aromatic rings. The first-order valence-corrected chi connectivity index (χ1v) is 14.0. The molecule has 1 saturated carbocycles. The molecule has 3 fully saturated rings.